The van der Waals surface area contributed by atoms with Gasteiger partial charge < -0.3 is 9.47 Å². The van der Waals surface area contributed by atoms with Gasteiger partial charge in [0.2, 0.25) is 10.6 Å². The summed E-state index contributed by atoms with van der Waals surface area (Å²) in [5.41, 5.74) is 1.77. The van der Waals surface area contributed by atoms with E-state index >= 15 is 0 Å². The van der Waals surface area contributed by atoms with Crippen LogP contribution >= 0.6 is 23.2 Å². The summed E-state index contributed by atoms with van der Waals surface area (Å²) in [6.07, 6.45) is 0.975. The van der Waals surface area contributed by atoms with Crippen molar-refractivity contribution in [2.24, 2.45) is 0 Å². The molecule has 5 nitrogen and oxygen atoms in total. The van der Waals surface area contributed by atoms with Gasteiger partial charge in [-0.2, -0.15) is 15.0 Å². The fourth-order valence-electron chi connectivity index (χ4n) is 2.87. The van der Waals surface area contributed by atoms with Gasteiger partial charge in [-0.15, -0.1) is 0 Å². The standard InChI is InChI=1S/C21H21Cl2N3O2/c1-4-13-27-15-11-9-14(10-12-15)21(2,3)16-7-5-6-8-17(16)28-20-25-18(22)24-19(23)26-20/h5-12H,4,13H2,1-3H3. The average Bonchev–Trinajstić information content (AvgIpc) is 2.66. The summed E-state index contributed by atoms with van der Waals surface area (Å²) in [7, 11) is 0. The summed E-state index contributed by atoms with van der Waals surface area (Å²) in [5.74, 6) is 1.48. The number of rotatable bonds is 7. The first-order chi connectivity index (χ1) is 13.4. The molecule has 1 heterocycles. The summed E-state index contributed by atoms with van der Waals surface area (Å²) in [5, 5.41) is -0.0381. The van der Waals surface area contributed by atoms with Crippen LogP contribution in [0.25, 0.3) is 0 Å². The molecule has 0 fully saturated rings. The van der Waals surface area contributed by atoms with Crippen LogP contribution in [0.4, 0.5) is 0 Å². The molecule has 0 unspecified atom stereocenters. The van der Waals surface area contributed by atoms with E-state index in [1.165, 1.54) is 0 Å². The predicted octanol–water partition coefficient (Wildman–Crippen LogP) is 6.09. The minimum atomic E-state index is -0.333. The van der Waals surface area contributed by atoms with Crippen molar-refractivity contribution in [1.29, 1.82) is 0 Å². The molecule has 28 heavy (non-hydrogen) atoms. The summed E-state index contributed by atoms with van der Waals surface area (Å²) in [4.78, 5) is 11.7. The van der Waals surface area contributed by atoms with Crippen LogP contribution in [0.1, 0.15) is 38.3 Å². The second-order valence-electron chi connectivity index (χ2n) is 6.75. The van der Waals surface area contributed by atoms with E-state index in [2.05, 4.69) is 47.9 Å². The molecule has 0 N–H and O–H groups in total. The molecule has 0 radical (unpaired) electrons. The van der Waals surface area contributed by atoms with Crippen molar-refractivity contribution in [3.63, 3.8) is 0 Å². The van der Waals surface area contributed by atoms with Crippen molar-refractivity contribution in [2.75, 3.05) is 6.61 Å². The van der Waals surface area contributed by atoms with Crippen LogP contribution in [0, 0.1) is 0 Å². The van der Waals surface area contributed by atoms with Gasteiger partial charge in [0.25, 0.3) is 0 Å². The van der Waals surface area contributed by atoms with E-state index < -0.39 is 0 Å². The van der Waals surface area contributed by atoms with Crippen molar-refractivity contribution in [2.45, 2.75) is 32.6 Å². The zero-order valence-corrected chi connectivity index (χ0v) is 17.5. The third kappa shape index (κ3) is 4.72. The highest BCUT2D eigenvalue weighted by Gasteiger charge is 2.27. The molecule has 0 saturated carbocycles. The molecule has 0 aliphatic heterocycles. The molecular weight excluding hydrogens is 397 g/mol. The first-order valence-electron chi connectivity index (χ1n) is 8.98. The molecule has 146 valence electrons. The van der Waals surface area contributed by atoms with Gasteiger partial charge in [-0.3, -0.25) is 0 Å². The molecule has 1 aromatic heterocycles. The molecule has 0 atom stereocenters. The summed E-state index contributed by atoms with van der Waals surface area (Å²) >= 11 is 11.7. The molecular formula is C21H21Cl2N3O2. The Labute approximate surface area is 174 Å². The van der Waals surface area contributed by atoms with E-state index in [4.69, 9.17) is 32.7 Å². The predicted molar refractivity (Wildman–Crippen MR) is 111 cm³/mol. The second kappa shape index (κ2) is 8.76. The monoisotopic (exact) mass is 417 g/mol. The van der Waals surface area contributed by atoms with Gasteiger partial charge in [0.15, 0.2) is 0 Å². The van der Waals surface area contributed by atoms with Crippen molar-refractivity contribution in [3.8, 4) is 17.5 Å². The highest BCUT2D eigenvalue weighted by atomic mass is 35.5. The minimum absolute atomic E-state index is 0.0191. The van der Waals surface area contributed by atoms with Gasteiger partial charge in [-0.25, -0.2) is 0 Å². The zero-order valence-electron chi connectivity index (χ0n) is 15.9. The first kappa shape index (κ1) is 20.4. The van der Waals surface area contributed by atoms with Gasteiger partial charge in [0.05, 0.1) is 6.61 Å². The van der Waals surface area contributed by atoms with E-state index in [0.717, 1.165) is 23.3 Å². The summed E-state index contributed by atoms with van der Waals surface area (Å²) in [6, 6.07) is 15.9. The second-order valence-corrected chi connectivity index (χ2v) is 7.43. The first-order valence-corrected chi connectivity index (χ1v) is 9.73. The Morgan fingerprint density at radius 2 is 1.54 bits per heavy atom. The maximum Gasteiger partial charge on any atom is 0.327 e. The van der Waals surface area contributed by atoms with Crippen LogP contribution in [0.15, 0.2) is 48.5 Å². The summed E-state index contributed by atoms with van der Waals surface area (Å²) < 4.78 is 11.6. The van der Waals surface area contributed by atoms with E-state index in [1.807, 2.05) is 36.4 Å². The lowest BCUT2D eigenvalue weighted by Gasteiger charge is -2.28. The largest absolute Gasteiger partial charge is 0.494 e. The van der Waals surface area contributed by atoms with Crippen LogP contribution in [0.3, 0.4) is 0 Å². The number of halogens is 2. The lowest BCUT2D eigenvalue weighted by molar-refractivity contribution is 0.317. The van der Waals surface area contributed by atoms with Crippen molar-refractivity contribution in [3.05, 3.63) is 70.2 Å². The number of ether oxygens (including phenoxy) is 2. The normalized spacial score (nSPS) is 11.3. The van der Waals surface area contributed by atoms with Crippen molar-refractivity contribution >= 4 is 23.2 Å². The number of hydrogen-bond acceptors (Lipinski definition) is 5. The molecule has 0 amide bonds. The molecule has 0 aliphatic carbocycles. The number of para-hydroxylation sites is 1. The molecule has 0 aliphatic rings. The van der Waals surface area contributed by atoms with Crippen LogP contribution in [0.5, 0.6) is 17.5 Å². The molecule has 0 spiro atoms. The maximum absolute atomic E-state index is 5.90. The van der Waals surface area contributed by atoms with E-state index in [1.54, 1.807) is 0 Å². The van der Waals surface area contributed by atoms with E-state index in [0.29, 0.717) is 12.4 Å². The van der Waals surface area contributed by atoms with Gasteiger partial charge in [-0.05, 0) is 53.4 Å². The molecule has 0 saturated heterocycles. The van der Waals surface area contributed by atoms with Crippen molar-refractivity contribution in [1.82, 2.24) is 15.0 Å². The molecule has 3 rings (SSSR count). The SMILES string of the molecule is CCCOc1ccc(C(C)(C)c2ccccc2Oc2nc(Cl)nc(Cl)n2)cc1. The summed E-state index contributed by atoms with van der Waals surface area (Å²) in [6.45, 7) is 7.05. The lowest BCUT2D eigenvalue weighted by atomic mass is 9.77. The fourth-order valence-corrected chi connectivity index (χ4v) is 3.22. The molecule has 2 aromatic carbocycles. The maximum atomic E-state index is 5.90. The third-order valence-corrected chi connectivity index (χ3v) is 4.71. The topological polar surface area (TPSA) is 57.1 Å². The highest BCUT2D eigenvalue weighted by molar-refractivity contribution is 6.31. The Morgan fingerprint density at radius 3 is 2.18 bits per heavy atom. The van der Waals surface area contributed by atoms with Crippen LogP contribution in [-0.2, 0) is 5.41 Å². The number of aromatic nitrogens is 3. The van der Waals surface area contributed by atoms with Crippen LogP contribution in [0.2, 0.25) is 10.6 Å². The third-order valence-electron chi connectivity index (χ3n) is 4.37. The molecule has 7 heteroatoms. The zero-order chi connectivity index (χ0) is 20.1. The van der Waals surface area contributed by atoms with E-state index in [9.17, 15) is 0 Å². The van der Waals surface area contributed by atoms with Crippen LogP contribution < -0.4 is 9.47 Å². The molecule has 3 aromatic rings. The Bertz CT molecular complexity index is 926. The number of nitrogens with zero attached hydrogens (tertiary/aromatic N) is 3. The van der Waals surface area contributed by atoms with Crippen LogP contribution in [-0.4, -0.2) is 21.6 Å². The number of hydrogen-bond donors (Lipinski definition) is 0. The highest BCUT2D eigenvalue weighted by Crippen LogP contribution is 2.39. The van der Waals surface area contributed by atoms with Gasteiger partial charge in [0, 0.05) is 11.0 Å². The van der Waals surface area contributed by atoms with E-state index in [-0.39, 0.29) is 22.0 Å². The Hall–Kier alpha value is -2.37. The molecule has 0 bridgehead atoms. The smallest absolute Gasteiger partial charge is 0.327 e. The minimum Gasteiger partial charge on any atom is -0.494 e. The lowest BCUT2D eigenvalue weighted by Crippen LogP contribution is -2.20. The number of benzene rings is 2. The van der Waals surface area contributed by atoms with Gasteiger partial charge in [-0.1, -0.05) is 51.1 Å². The Morgan fingerprint density at radius 1 is 0.893 bits per heavy atom. The van der Waals surface area contributed by atoms with Gasteiger partial charge in [0.1, 0.15) is 11.5 Å². The van der Waals surface area contributed by atoms with Crippen molar-refractivity contribution < 1.29 is 9.47 Å². The Kier molecular flexibility index (Phi) is 6.37. The average molecular weight is 418 g/mol. The van der Waals surface area contributed by atoms with Gasteiger partial charge >= 0.3 is 6.01 Å². The quantitative estimate of drug-likeness (QED) is 0.465. The Balaban J connectivity index is 1.92. The fraction of sp³-hybridized carbons (Fsp3) is 0.286.